The van der Waals surface area contributed by atoms with Gasteiger partial charge >= 0.3 is 5.97 Å². The first-order chi connectivity index (χ1) is 7.19. The number of aromatic nitrogens is 2. The number of anilines is 1. The maximum Gasteiger partial charge on any atom is 0.354 e. The fourth-order valence-corrected chi connectivity index (χ4v) is 1.19. The first kappa shape index (κ1) is 11.4. The van der Waals surface area contributed by atoms with E-state index in [-0.39, 0.29) is 12.3 Å². The molecule has 0 fully saturated rings. The number of aromatic carboxylic acids is 1. The summed E-state index contributed by atoms with van der Waals surface area (Å²) in [4.78, 5) is 20.0. The molecule has 0 bridgehead atoms. The molecule has 2 N–H and O–H groups in total. The van der Waals surface area contributed by atoms with Crippen LogP contribution in [0.4, 0.5) is 5.82 Å². The molecule has 0 radical (unpaired) electrons. The Balaban J connectivity index is 2.92. The minimum absolute atomic E-state index is 0.000246. The molecule has 0 aliphatic rings. The van der Waals surface area contributed by atoms with E-state index in [9.17, 15) is 4.79 Å². The largest absolute Gasteiger partial charge is 0.477 e. The topological polar surface area (TPSA) is 86.5 Å². The predicted octanol–water partition coefficient (Wildman–Crippen LogP) is -0.00660. The summed E-state index contributed by atoms with van der Waals surface area (Å²) in [5.41, 5.74) is -0.0450. The molecule has 82 valence electrons. The van der Waals surface area contributed by atoms with E-state index in [1.165, 1.54) is 12.4 Å². The molecule has 0 amide bonds. The second kappa shape index (κ2) is 5.26. The van der Waals surface area contributed by atoms with E-state index in [1.807, 2.05) is 6.92 Å². The zero-order chi connectivity index (χ0) is 11.3. The Morgan fingerprint density at radius 2 is 2.27 bits per heavy atom. The van der Waals surface area contributed by atoms with Crippen molar-refractivity contribution in [2.45, 2.75) is 6.92 Å². The van der Waals surface area contributed by atoms with Crippen LogP contribution in [0.2, 0.25) is 0 Å². The monoisotopic (exact) mass is 211 g/mol. The third-order valence-corrected chi connectivity index (χ3v) is 1.95. The highest BCUT2D eigenvalue weighted by atomic mass is 16.4. The van der Waals surface area contributed by atoms with E-state index in [4.69, 9.17) is 10.2 Å². The summed E-state index contributed by atoms with van der Waals surface area (Å²) in [5.74, 6) is -0.572. The van der Waals surface area contributed by atoms with Crippen LogP contribution in [-0.4, -0.2) is 45.8 Å². The van der Waals surface area contributed by atoms with Crippen molar-refractivity contribution in [1.29, 1.82) is 0 Å². The molecule has 0 saturated carbocycles. The molecule has 1 rings (SSSR count). The van der Waals surface area contributed by atoms with Crippen LogP contribution in [0.1, 0.15) is 17.4 Å². The molecule has 15 heavy (non-hydrogen) atoms. The van der Waals surface area contributed by atoms with Gasteiger partial charge in [0.25, 0.3) is 0 Å². The van der Waals surface area contributed by atoms with Gasteiger partial charge in [0, 0.05) is 19.2 Å². The van der Waals surface area contributed by atoms with Gasteiger partial charge in [-0.3, -0.25) is 0 Å². The van der Waals surface area contributed by atoms with E-state index in [2.05, 4.69) is 9.97 Å². The van der Waals surface area contributed by atoms with Gasteiger partial charge in [0.2, 0.25) is 0 Å². The molecule has 0 saturated heterocycles. The van der Waals surface area contributed by atoms with Crippen molar-refractivity contribution in [2.75, 3.05) is 24.6 Å². The number of carboxylic acid groups (broad SMARTS) is 1. The summed E-state index contributed by atoms with van der Waals surface area (Å²) in [6.45, 7) is 2.97. The Bertz CT molecular complexity index is 343. The molecule has 6 heteroatoms. The third kappa shape index (κ3) is 2.88. The first-order valence-electron chi connectivity index (χ1n) is 4.60. The summed E-state index contributed by atoms with van der Waals surface area (Å²) in [7, 11) is 0. The van der Waals surface area contributed by atoms with Crippen LogP contribution in [0.3, 0.4) is 0 Å². The lowest BCUT2D eigenvalue weighted by atomic mass is 10.3. The van der Waals surface area contributed by atoms with Crippen LogP contribution in [0.15, 0.2) is 12.4 Å². The molecule has 1 aromatic rings. The number of aliphatic hydroxyl groups is 1. The lowest BCUT2D eigenvalue weighted by molar-refractivity contribution is 0.0690. The maximum atomic E-state index is 10.7. The van der Waals surface area contributed by atoms with E-state index >= 15 is 0 Å². The van der Waals surface area contributed by atoms with Crippen molar-refractivity contribution in [3.63, 3.8) is 0 Å². The molecule has 0 aliphatic carbocycles. The summed E-state index contributed by atoms with van der Waals surface area (Å²) in [5, 5.41) is 17.5. The molecule has 0 unspecified atom stereocenters. The Labute approximate surface area is 87.2 Å². The highest BCUT2D eigenvalue weighted by molar-refractivity contribution is 5.86. The number of carbonyl (C=O) groups is 1. The smallest absolute Gasteiger partial charge is 0.354 e. The molecule has 0 atom stereocenters. The van der Waals surface area contributed by atoms with E-state index in [1.54, 1.807) is 4.90 Å². The molecule has 6 nitrogen and oxygen atoms in total. The zero-order valence-corrected chi connectivity index (χ0v) is 8.42. The molecule has 0 aromatic carbocycles. The molecule has 1 heterocycles. The van der Waals surface area contributed by atoms with Crippen LogP contribution >= 0.6 is 0 Å². The lowest BCUT2D eigenvalue weighted by Crippen LogP contribution is -2.27. The molecule has 0 spiro atoms. The fourth-order valence-electron chi connectivity index (χ4n) is 1.19. The van der Waals surface area contributed by atoms with Gasteiger partial charge in [-0.15, -0.1) is 0 Å². The Morgan fingerprint density at radius 1 is 1.53 bits per heavy atom. The average Bonchev–Trinajstić information content (AvgIpc) is 2.26. The van der Waals surface area contributed by atoms with Crippen molar-refractivity contribution >= 4 is 11.8 Å². The van der Waals surface area contributed by atoms with Gasteiger partial charge in [-0.05, 0) is 6.92 Å². The van der Waals surface area contributed by atoms with Crippen molar-refractivity contribution in [3.8, 4) is 0 Å². The highest BCUT2D eigenvalue weighted by Crippen LogP contribution is 2.10. The van der Waals surface area contributed by atoms with Gasteiger partial charge in [0.05, 0.1) is 6.61 Å². The molecular weight excluding hydrogens is 198 g/mol. The van der Waals surface area contributed by atoms with Crippen LogP contribution in [0, 0.1) is 0 Å². The fraction of sp³-hybridized carbons (Fsp3) is 0.444. The number of hydrogen-bond donors (Lipinski definition) is 2. The number of likely N-dealkylation sites (N-methyl/N-ethyl adjacent to an activating group) is 1. The van der Waals surface area contributed by atoms with E-state index in [0.29, 0.717) is 18.9 Å². The van der Waals surface area contributed by atoms with Crippen LogP contribution in [0.25, 0.3) is 0 Å². The number of rotatable bonds is 5. The first-order valence-corrected chi connectivity index (χ1v) is 4.60. The van der Waals surface area contributed by atoms with Crippen molar-refractivity contribution in [1.82, 2.24) is 9.97 Å². The lowest BCUT2D eigenvalue weighted by Gasteiger charge is -2.20. The second-order valence-corrected chi connectivity index (χ2v) is 2.87. The predicted molar refractivity (Wildman–Crippen MR) is 54.0 cm³/mol. The van der Waals surface area contributed by atoms with Gasteiger partial charge in [-0.25, -0.2) is 14.8 Å². The van der Waals surface area contributed by atoms with Gasteiger partial charge in [-0.2, -0.15) is 0 Å². The van der Waals surface area contributed by atoms with Gasteiger partial charge in [0.1, 0.15) is 12.1 Å². The molecule has 0 aliphatic heterocycles. The number of hydrogen-bond acceptors (Lipinski definition) is 5. The maximum absolute atomic E-state index is 10.7. The van der Waals surface area contributed by atoms with Crippen molar-refractivity contribution in [3.05, 3.63) is 18.1 Å². The zero-order valence-electron chi connectivity index (χ0n) is 8.42. The number of nitrogens with zero attached hydrogens (tertiary/aromatic N) is 3. The summed E-state index contributed by atoms with van der Waals surface area (Å²) >= 11 is 0. The summed E-state index contributed by atoms with van der Waals surface area (Å²) in [6, 6.07) is 1.39. The van der Waals surface area contributed by atoms with Crippen LogP contribution < -0.4 is 4.90 Å². The minimum Gasteiger partial charge on any atom is -0.477 e. The van der Waals surface area contributed by atoms with Crippen LogP contribution in [0.5, 0.6) is 0 Å². The second-order valence-electron chi connectivity index (χ2n) is 2.87. The van der Waals surface area contributed by atoms with Gasteiger partial charge in [-0.1, -0.05) is 0 Å². The Kier molecular flexibility index (Phi) is 3.99. The van der Waals surface area contributed by atoms with E-state index in [0.717, 1.165) is 0 Å². The SMILES string of the molecule is CCN(CCO)c1cc(C(=O)O)ncn1. The Morgan fingerprint density at radius 3 is 2.80 bits per heavy atom. The summed E-state index contributed by atoms with van der Waals surface area (Å²) < 4.78 is 0. The molecular formula is C9H13N3O3. The quantitative estimate of drug-likeness (QED) is 0.712. The normalized spacial score (nSPS) is 10.0. The van der Waals surface area contributed by atoms with Crippen molar-refractivity contribution < 1.29 is 15.0 Å². The number of carboxylic acids is 1. The van der Waals surface area contributed by atoms with Crippen molar-refractivity contribution in [2.24, 2.45) is 0 Å². The Hall–Kier alpha value is -1.69. The number of aliphatic hydroxyl groups excluding tert-OH is 1. The van der Waals surface area contributed by atoms with Gasteiger partial charge in [0.15, 0.2) is 5.69 Å². The van der Waals surface area contributed by atoms with Crippen LogP contribution in [-0.2, 0) is 0 Å². The van der Waals surface area contributed by atoms with Gasteiger partial charge < -0.3 is 15.1 Å². The highest BCUT2D eigenvalue weighted by Gasteiger charge is 2.10. The average molecular weight is 211 g/mol. The standard InChI is InChI=1S/C9H13N3O3/c1-2-12(3-4-13)8-5-7(9(14)15)10-6-11-8/h5-6,13H,2-4H2,1H3,(H,14,15). The van der Waals surface area contributed by atoms with E-state index < -0.39 is 5.97 Å². The summed E-state index contributed by atoms with van der Waals surface area (Å²) in [6.07, 6.45) is 1.21. The minimum atomic E-state index is -1.08. The molecule has 1 aromatic heterocycles. The third-order valence-electron chi connectivity index (χ3n) is 1.95.